The summed E-state index contributed by atoms with van der Waals surface area (Å²) in [6.45, 7) is 2.08. The maximum atomic E-state index is 12.6. The minimum absolute atomic E-state index is 0.240. The van der Waals surface area contributed by atoms with Crippen LogP contribution in [-0.2, 0) is 10.0 Å². The van der Waals surface area contributed by atoms with Crippen LogP contribution in [-0.4, -0.2) is 32.4 Å². The van der Waals surface area contributed by atoms with Crippen LogP contribution >= 0.6 is 0 Å². The molecule has 0 spiro atoms. The lowest BCUT2D eigenvalue weighted by atomic mass is 10.1. The minimum Gasteiger partial charge on any atom is -0.329 e. The third kappa shape index (κ3) is 3.32. The summed E-state index contributed by atoms with van der Waals surface area (Å²) in [6, 6.07) is 16.4. The van der Waals surface area contributed by atoms with E-state index in [4.69, 9.17) is 5.73 Å². The summed E-state index contributed by atoms with van der Waals surface area (Å²) < 4.78 is 26.5. The fourth-order valence-corrected chi connectivity index (χ4v) is 3.44. The van der Waals surface area contributed by atoms with Crippen molar-refractivity contribution < 1.29 is 8.42 Å². The van der Waals surface area contributed by atoms with Gasteiger partial charge in [0.15, 0.2) is 0 Å². The van der Waals surface area contributed by atoms with Crippen molar-refractivity contribution in [3.8, 4) is 11.1 Å². The third-order valence-electron chi connectivity index (χ3n) is 3.58. The minimum atomic E-state index is -3.53. The first kappa shape index (κ1) is 15.7. The number of likely N-dealkylation sites (N-methyl/N-ethyl adjacent to an activating group) is 1. The zero-order valence-electron chi connectivity index (χ0n) is 12.2. The largest absolute Gasteiger partial charge is 0.329 e. The highest BCUT2D eigenvalue weighted by Gasteiger charge is 2.24. The van der Waals surface area contributed by atoms with Crippen molar-refractivity contribution in [1.82, 2.24) is 4.31 Å². The first-order valence-electron chi connectivity index (χ1n) is 6.80. The SMILES string of the molecule is CC(CN)N(C)S(=O)(=O)c1cccc(-c2ccccc2)c1. The van der Waals surface area contributed by atoms with Gasteiger partial charge in [0.1, 0.15) is 0 Å². The lowest BCUT2D eigenvalue weighted by molar-refractivity contribution is 0.394. The van der Waals surface area contributed by atoms with E-state index in [-0.39, 0.29) is 17.5 Å². The van der Waals surface area contributed by atoms with Crippen LogP contribution in [0.15, 0.2) is 59.5 Å². The first-order valence-corrected chi connectivity index (χ1v) is 8.24. The molecule has 1 unspecified atom stereocenters. The lowest BCUT2D eigenvalue weighted by Gasteiger charge is -2.23. The number of sulfonamides is 1. The first-order chi connectivity index (χ1) is 9.96. The van der Waals surface area contributed by atoms with E-state index in [1.165, 1.54) is 4.31 Å². The van der Waals surface area contributed by atoms with Crippen LogP contribution in [0.3, 0.4) is 0 Å². The van der Waals surface area contributed by atoms with Gasteiger partial charge >= 0.3 is 0 Å². The van der Waals surface area contributed by atoms with Gasteiger partial charge in [-0.2, -0.15) is 4.31 Å². The van der Waals surface area contributed by atoms with Gasteiger partial charge in [-0.1, -0.05) is 42.5 Å². The highest BCUT2D eigenvalue weighted by molar-refractivity contribution is 7.89. The second-order valence-corrected chi connectivity index (χ2v) is 7.00. The Morgan fingerprint density at radius 2 is 1.67 bits per heavy atom. The molecule has 0 saturated heterocycles. The quantitative estimate of drug-likeness (QED) is 0.922. The summed E-state index contributed by atoms with van der Waals surface area (Å²) in [5.41, 5.74) is 7.43. The van der Waals surface area contributed by atoms with E-state index in [1.807, 2.05) is 36.4 Å². The lowest BCUT2D eigenvalue weighted by Crippen LogP contribution is -2.39. The fourth-order valence-electron chi connectivity index (χ4n) is 2.02. The second kappa shape index (κ2) is 6.39. The molecule has 0 saturated carbocycles. The second-order valence-electron chi connectivity index (χ2n) is 5.00. The van der Waals surface area contributed by atoms with Crippen LogP contribution < -0.4 is 5.73 Å². The predicted octanol–water partition coefficient (Wildman–Crippen LogP) is 2.32. The molecule has 0 amide bonds. The highest BCUT2D eigenvalue weighted by Crippen LogP contribution is 2.24. The number of nitrogens with zero attached hydrogens (tertiary/aromatic N) is 1. The van der Waals surface area contributed by atoms with Gasteiger partial charge in [0.05, 0.1) is 4.90 Å². The van der Waals surface area contributed by atoms with Gasteiger partial charge in [0, 0.05) is 19.6 Å². The summed E-state index contributed by atoms with van der Waals surface area (Å²) >= 11 is 0. The maximum absolute atomic E-state index is 12.6. The summed E-state index contributed by atoms with van der Waals surface area (Å²) in [7, 11) is -1.97. The van der Waals surface area contributed by atoms with Crippen molar-refractivity contribution in [3.63, 3.8) is 0 Å². The van der Waals surface area contributed by atoms with Gasteiger partial charge < -0.3 is 5.73 Å². The number of hydrogen-bond acceptors (Lipinski definition) is 3. The average molecular weight is 304 g/mol. The van der Waals surface area contributed by atoms with Crippen molar-refractivity contribution in [2.45, 2.75) is 17.9 Å². The predicted molar refractivity (Wildman–Crippen MR) is 85.3 cm³/mol. The van der Waals surface area contributed by atoms with Gasteiger partial charge in [-0.15, -0.1) is 0 Å². The Labute approximate surface area is 126 Å². The molecule has 21 heavy (non-hydrogen) atoms. The van der Waals surface area contributed by atoms with E-state index >= 15 is 0 Å². The molecule has 0 heterocycles. The molecule has 5 heteroatoms. The Kier molecular flexibility index (Phi) is 4.77. The van der Waals surface area contributed by atoms with Gasteiger partial charge in [-0.3, -0.25) is 0 Å². The van der Waals surface area contributed by atoms with Gasteiger partial charge in [-0.25, -0.2) is 8.42 Å². The van der Waals surface area contributed by atoms with E-state index in [1.54, 1.807) is 32.2 Å². The molecule has 0 aliphatic rings. The van der Waals surface area contributed by atoms with Crippen LogP contribution in [0, 0.1) is 0 Å². The summed E-state index contributed by atoms with van der Waals surface area (Å²) in [4.78, 5) is 0.284. The van der Waals surface area contributed by atoms with Crippen LogP contribution in [0.1, 0.15) is 6.92 Å². The van der Waals surface area contributed by atoms with Crippen LogP contribution in [0.2, 0.25) is 0 Å². The zero-order chi connectivity index (χ0) is 15.5. The highest BCUT2D eigenvalue weighted by atomic mass is 32.2. The van der Waals surface area contributed by atoms with Crippen molar-refractivity contribution in [1.29, 1.82) is 0 Å². The van der Waals surface area contributed by atoms with Gasteiger partial charge in [-0.05, 0) is 30.2 Å². The van der Waals surface area contributed by atoms with Crippen LogP contribution in [0.25, 0.3) is 11.1 Å². The van der Waals surface area contributed by atoms with Gasteiger partial charge in [0.25, 0.3) is 0 Å². The molecule has 0 fully saturated rings. The van der Waals surface area contributed by atoms with E-state index in [0.717, 1.165) is 11.1 Å². The van der Waals surface area contributed by atoms with E-state index in [2.05, 4.69) is 0 Å². The molecule has 0 radical (unpaired) electrons. The molecular weight excluding hydrogens is 284 g/mol. The van der Waals surface area contributed by atoms with Crippen molar-refractivity contribution in [2.24, 2.45) is 5.73 Å². The Morgan fingerprint density at radius 1 is 1.05 bits per heavy atom. The molecule has 2 aromatic rings. The van der Waals surface area contributed by atoms with Crippen molar-refractivity contribution >= 4 is 10.0 Å². The summed E-state index contributed by atoms with van der Waals surface area (Å²) in [5, 5.41) is 0. The molecule has 2 aromatic carbocycles. The Hall–Kier alpha value is -1.69. The Bertz CT molecular complexity index is 699. The summed E-state index contributed by atoms with van der Waals surface area (Å²) in [5.74, 6) is 0. The van der Waals surface area contributed by atoms with Crippen molar-refractivity contribution in [3.05, 3.63) is 54.6 Å². The average Bonchev–Trinajstić information content (AvgIpc) is 2.54. The molecule has 0 aliphatic carbocycles. The van der Waals surface area contributed by atoms with E-state index in [0.29, 0.717) is 0 Å². The molecular formula is C16H20N2O2S. The number of nitrogens with two attached hydrogens (primary N) is 1. The molecule has 2 N–H and O–H groups in total. The monoisotopic (exact) mass is 304 g/mol. The van der Waals surface area contributed by atoms with Gasteiger partial charge in [0.2, 0.25) is 10.0 Å². The van der Waals surface area contributed by atoms with Crippen molar-refractivity contribution in [2.75, 3.05) is 13.6 Å². The van der Waals surface area contributed by atoms with E-state index in [9.17, 15) is 8.42 Å². The standard InChI is InChI=1S/C16H20N2O2S/c1-13(12-17)18(2)21(19,20)16-10-6-9-15(11-16)14-7-4-3-5-8-14/h3-11,13H,12,17H2,1-2H3. The molecule has 112 valence electrons. The fraction of sp³-hybridized carbons (Fsp3) is 0.250. The topological polar surface area (TPSA) is 63.4 Å². The number of rotatable bonds is 5. The molecule has 0 bridgehead atoms. The molecule has 2 rings (SSSR count). The van der Waals surface area contributed by atoms with Crippen LogP contribution in [0.4, 0.5) is 0 Å². The number of hydrogen-bond donors (Lipinski definition) is 1. The summed E-state index contributed by atoms with van der Waals surface area (Å²) in [6.07, 6.45) is 0. The Morgan fingerprint density at radius 3 is 2.29 bits per heavy atom. The van der Waals surface area contributed by atoms with Crippen LogP contribution in [0.5, 0.6) is 0 Å². The molecule has 1 atom stereocenters. The smallest absolute Gasteiger partial charge is 0.243 e. The normalized spacial score (nSPS) is 13.3. The Balaban J connectivity index is 2.42. The third-order valence-corrected chi connectivity index (χ3v) is 5.55. The maximum Gasteiger partial charge on any atom is 0.243 e. The zero-order valence-corrected chi connectivity index (χ0v) is 13.0. The van der Waals surface area contributed by atoms with E-state index < -0.39 is 10.0 Å². The molecule has 4 nitrogen and oxygen atoms in total. The molecule has 0 aliphatic heterocycles. The number of benzene rings is 2. The molecule has 0 aromatic heterocycles.